The fraction of sp³-hybridized carbons (Fsp3) is 0.486. The van der Waals surface area contributed by atoms with Gasteiger partial charge in [-0.05, 0) is 92.0 Å². The van der Waals surface area contributed by atoms with Crippen LogP contribution in [0.5, 0.6) is 0 Å². The van der Waals surface area contributed by atoms with Crippen LogP contribution in [0.25, 0.3) is 10.9 Å². The number of allylic oxidation sites excluding steroid dienone is 1. The van der Waals surface area contributed by atoms with Crippen LogP contribution in [0, 0.1) is 28.6 Å². The lowest BCUT2D eigenvalue weighted by Crippen LogP contribution is -2.62. The van der Waals surface area contributed by atoms with E-state index >= 15 is 0 Å². The number of furan rings is 1. The van der Waals surface area contributed by atoms with Crippen molar-refractivity contribution in [1.29, 1.82) is 0 Å². The molecule has 224 valence electrons. The summed E-state index contributed by atoms with van der Waals surface area (Å²) in [6.07, 6.45) is 6.93. The number of aliphatic hydroxyl groups is 1. The van der Waals surface area contributed by atoms with Crippen LogP contribution in [0.1, 0.15) is 75.0 Å². The summed E-state index contributed by atoms with van der Waals surface area (Å²) in [4.78, 5) is 44.9. The standard InChI is InChI=1S/C35H37NO6S/c1-33-15-13-24(37)18-22(33)10-12-25-26-14-16-35(34(26,2)19-28(38)30(25)33,42-31(39)29-8-5-17-41-29)32(40)43-20-23-11-9-21-6-3-4-7-27(21)36-23/h3-9,11,17-18,25-26,28,30,38H,10,12-16,19-20H2,1-2H3/t25?,26?,28-,30?,33?,34?,35-/m0/s1. The van der Waals surface area contributed by atoms with Gasteiger partial charge in [-0.25, -0.2) is 4.79 Å². The molecule has 7 nitrogen and oxygen atoms in total. The Morgan fingerprint density at radius 3 is 2.72 bits per heavy atom. The van der Waals surface area contributed by atoms with Gasteiger partial charge in [0.05, 0.1) is 23.6 Å². The van der Waals surface area contributed by atoms with Crippen LogP contribution >= 0.6 is 11.8 Å². The number of pyridine rings is 1. The van der Waals surface area contributed by atoms with Crippen molar-refractivity contribution < 1.29 is 28.6 Å². The van der Waals surface area contributed by atoms with Gasteiger partial charge in [0.1, 0.15) is 0 Å². The Kier molecular flexibility index (Phi) is 6.93. The minimum Gasteiger partial charge on any atom is -0.457 e. The largest absolute Gasteiger partial charge is 0.457 e. The molecule has 2 heterocycles. The molecular weight excluding hydrogens is 562 g/mol. The molecule has 4 aliphatic carbocycles. The minimum atomic E-state index is -1.42. The van der Waals surface area contributed by atoms with E-state index in [0.717, 1.165) is 59.6 Å². The molecular formula is C35H37NO6S. The molecule has 7 atom stereocenters. The smallest absolute Gasteiger partial charge is 0.375 e. The highest BCUT2D eigenvalue weighted by atomic mass is 32.2. The number of carbonyl (C=O) groups is 3. The first-order valence-electron chi connectivity index (χ1n) is 15.4. The molecule has 3 fully saturated rings. The fourth-order valence-corrected chi connectivity index (χ4v) is 10.3. The number of aliphatic hydroxyl groups excluding tert-OH is 1. The van der Waals surface area contributed by atoms with Crippen molar-refractivity contribution >= 4 is 39.5 Å². The average Bonchev–Trinajstić information content (AvgIpc) is 3.63. The number of rotatable bonds is 5. The number of hydrogen-bond acceptors (Lipinski definition) is 8. The lowest BCUT2D eigenvalue weighted by atomic mass is 9.45. The van der Waals surface area contributed by atoms with E-state index in [1.165, 1.54) is 6.26 Å². The summed E-state index contributed by atoms with van der Waals surface area (Å²) in [7, 11) is 0. The zero-order chi connectivity index (χ0) is 30.0. The maximum absolute atomic E-state index is 14.5. The number of hydrogen-bond donors (Lipinski definition) is 1. The predicted octanol–water partition coefficient (Wildman–Crippen LogP) is 6.69. The lowest BCUT2D eigenvalue weighted by Gasteiger charge is -2.60. The molecule has 43 heavy (non-hydrogen) atoms. The summed E-state index contributed by atoms with van der Waals surface area (Å²) in [5.41, 5.74) is 0.377. The number of carbonyl (C=O) groups excluding carboxylic acids is 3. The Hall–Kier alpha value is -3.23. The highest BCUT2D eigenvalue weighted by molar-refractivity contribution is 8.13. The van der Waals surface area contributed by atoms with E-state index < -0.39 is 23.1 Å². The Balaban J connectivity index is 1.22. The van der Waals surface area contributed by atoms with Gasteiger partial charge in [-0.1, -0.05) is 55.4 Å². The Bertz CT molecular complexity index is 1630. The monoisotopic (exact) mass is 599 g/mol. The van der Waals surface area contributed by atoms with Crippen LogP contribution in [0.3, 0.4) is 0 Å². The summed E-state index contributed by atoms with van der Waals surface area (Å²) in [5, 5.41) is 12.8. The van der Waals surface area contributed by atoms with Crippen LogP contribution in [-0.4, -0.2) is 38.7 Å². The number of ketones is 1. The van der Waals surface area contributed by atoms with E-state index in [2.05, 4.69) is 6.92 Å². The molecule has 7 rings (SSSR count). The van der Waals surface area contributed by atoms with Crippen LogP contribution in [0.2, 0.25) is 0 Å². The fourth-order valence-electron chi connectivity index (χ4n) is 9.27. The van der Waals surface area contributed by atoms with E-state index in [0.29, 0.717) is 25.0 Å². The van der Waals surface area contributed by atoms with Crippen LogP contribution in [0.15, 0.2) is 70.9 Å². The zero-order valence-corrected chi connectivity index (χ0v) is 25.4. The molecule has 3 aromatic rings. The number of ether oxygens (including phenoxy) is 1. The molecule has 4 aliphatic rings. The topological polar surface area (TPSA) is 107 Å². The van der Waals surface area contributed by atoms with E-state index in [4.69, 9.17) is 14.1 Å². The highest BCUT2D eigenvalue weighted by Gasteiger charge is 2.70. The molecule has 1 N–H and O–H groups in total. The van der Waals surface area contributed by atoms with Gasteiger partial charge in [0.2, 0.25) is 10.9 Å². The van der Waals surface area contributed by atoms with Gasteiger partial charge >= 0.3 is 5.97 Å². The summed E-state index contributed by atoms with van der Waals surface area (Å²) < 4.78 is 11.7. The van der Waals surface area contributed by atoms with Crippen molar-refractivity contribution in [1.82, 2.24) is 4.98 Å². The second-order valence-electron chi connectivity index (χ2n) is 13.4. The second kappa shape index (κ2) is 10.4. The second-order valence-corrected chi connectivity index (χ2v) is 14.3. The quantitative estimate of drug-likeness (QED) is 0.324. The van der Waals surface area contributed by atoms with Gasteiger partial charge in [-0.3, -0.25) is 14.6 Å². The lowest BCUT2D eigenvalue weighted by molar-refractivity contribution is -0.176. The number of benzene rings is 1. The van der Waals surface area contributed by atoms with Crippen molar-refractivity contribution in [3.05, 3.63) is 77.9 Å². The first-order valence-corrected chi connectivity index (χ1v) is 16.3. The Morgan fingerprint density at radius 2 is 1.91 bits per heavy atom. The average molecular weight is 600 g/mol. The van der Waals surface area contributed by atoms with E-state index in [1.54, 1.807) is 12.1 Å². The van der Waals surface area contributed by atoms with Crippen LogP contribution in [0.4, 0.5) is 0 Å². The van der Waals surface area contributed by atoms with E-state index in [-0.39, 0.29) is 39.8 Å². The highest BCUT2D eigenvalue weighted by Crippen LogP contribution is 2.69. The number of thioether (sulfide) groups is 1. The summed E-state index contributed by atoms with van der Waals surface area (Å²) >= 11 is 1.14. The van der Waals surface area contributed by atoms with Crippen molar-refractivity contribution in [3.8, 4) is 0 Å². The number of aromatic nitrogens is 1. The molecule has 0 bridgehead atoms. The third-order valence-corrected chi connectivity index (χ3v) is 12.4. The number of nitrogens with zero attached hydrogens (tertiary/aromatic N) is 1. The predicted molar refractivity (Wildman–Crippen MR) is 163 cm³/mol. The summed E-state index contributed by atoms with van der Waals surface area (Å²) in [5.74, 6) is 0.167. The molecule has 0 amide bonds. The van der Waals surface area contributed by atoms with Crippen LogP contribution < -0.4 is 0 Å². The van der Waals surface area contributed by atoms with Gasteiger partial charge in [0.25, 0.3) is 0 Å². The molecule has 3 saturated carbocycles. The normalized spacial score (nSPS) is 35.0. The van der Waals surface area contributed by atoms with E-state index in [9.17, 15) is 19.5 Å². The van der Waals surface area contributed by atoms with Crippen molar-refractivity contribution in [2.75, 3.05) is 0 Å². The van der Waals surface area contributed by atoms with Crippen molar-refractivity contribution in [3.63, 3.8) is 0 Å². The van der Waals surface area contributed by atoms with Gasteiger partial charge in [-0.2, -0.15) is 0 Å². The maximum Gasteiger partial charge on any atom is 0.375 e. The van der Waals surface area contributed by atoms with Crippen molar-refractivity contribution in [2.45, 2.75) is 76.3 Å². The molecule has 0 spiro atoms. The number of fused-ring (bicyclic) bond motifs is 6. The molecule has 1 aromatic carbocycles. The third kappa shape index (κ3) is 4.43. The Labute approximate surface area is 255 Å². The SMILES string of the molecule is CC12CCC(=O)C=C1CCC1C2[C@@H](O)CC2(C)C1CC[C@]2(OC(=O)c1ccco1)C(=O)SCc1ccc2ccccc2n1. The van der Waals surface area contributed by atoms with E-state index in [1.807, 2.05) is 49.4 Å². The molecule has 0 radical (unpaired) electrons. The maximum atomic E-state index is 14.5. The molecule has 0 saturated heterocycles. The van der Waals surface area contributed by atoms with Crippen molar-refractivity contribution in [2.24, 2.45) is 28.6 Å². The third-order valence-electron chi connectivity index (χ3n) is 11.3. The molecule has 8 heteroatoms. The number of para-hydroxylation sites is 1. The minimum absolute atomic E-state index is 0.000180. The number of esters is 1. The molecule has 5 unspecified atom stereocenters. The molecule has 2 aromatic heterocycles. The first kappa shape index (κ1) is 28.5. The van der Waals surface area contributed by atoms with Gasteiger partial charge in [0, 0.05) is 23.0 Å². The first-order chi connectivity index (χ1) is 20.6. The van der Waals surface area contributed by atoms with Gasteiger partial charge in [0.15, 0.2) is 11.4 Å². The summed E-state index contributed by atoms with van der Waals surface area (Å²) in [6, 6.07) is 15.0. The summed E-state index contributed by atoms with van der Waals surface area (Å²) in [6.45, 7) is 4.26. The van der Waals surface area contributed by atoms with Gasteiger partial charge < -0.3 is 14.3 Å². The van der Waals surface area contributed by atoms with Gasteiger partial charge in [-0.15, -0.1) is 0 Å². The molecule has 0 aliphatic heterocycles. The Morgan fingerprint density at radius 1 is 1.07 bits per heavy atom. The zero-order valence-electron chi connectivity index (χ0n) is 24.6. The van der Waals surface area contributed by atoms with Crippen LogP contribution in [-0.2, 0) is 20.1 Å².